The van der Waals surface area contributed by atoms with Crippen LogP contribution >= 0.6 is 0 Å². The van der Waals surface area contributed by atoms with Gasteiger partial charge in [0.2, 0.25) is 0 Å². The number of azo groups is 1. The Balaban J connectivity index is 1.91. The molecule has 3 aromatic carbocycles. The Morgan fingerprint density at radius 2 is 1.50 bits per heavy atom. The highest BCUT2D eigenvalue weighted by Gasteiger charge is 2.18. The van der Waals surface area contributed by atoms with Gasteiger partial charge in [0.05, 0.1) is 7.11 Å². The summed E-state index contributed by atoms with van der Waals surface area (Å²) in [4.78, 5) is 0.0463. The average molecular weight is 398 g/mol. The van der Waals surface area contributed by atoms with E-state index in [1.807, 2.05) is 6.92 Å². The Morgan fingerprint density at radius 3 is 2.18 bits per heavy atom. The minimum absolute atomic E-state index is 0.0312. The molecule has 0 spiro atoms. The van der Waals surface area contributed by atoms with Crippen molar-refractivity contribution in [1.82, 2.24) is 0 Å². The van der Waals surface area contributed by atoms with Crippen molar-refractivity contribution in [3.63, 3.8) is 0 Å². The van der Waals surface area contributed by atoms with Gasteiger partial charge < -0.3 is 14.0 Å². The first-order valence-corrected chi connectivity index (χ1v) is 9.69. The van der Waals surface area contributed by atoms with E-state index in [9.17, 15) is 13.5 Å². The fourth-order valence-corrected chi connectivity index (χ4v) is 3.28. The molecule has 0 aliphatic heterocycles. The molecule has 3 aromatic rings. The molecule has 28 heavy (non-hydrogen) atoms. The summed E-state index contributed by atoms with van der Waals surface area (Å²) in [5.41, 5.74) is 1.54. The number of benzene rings is 3. The third-order valence-electron chi connectivity index (χ3n) is 3.80. The molecule has 0 saturated carbocycles. The predicted octanol–water partition coefficient (Wildman–Crippen LogP) is 4.89. The Labute approximate surface area is 163 Å². The molecule has 7 nitrogen and oxygen atoms in total. The van der Waals surface area contributed by atoms with Crippen molar-refractivity contribution in [1.29, 1.82) is 0 Å². The zero-order valence-corrected chi connectivity index (χ0v) is 16.1. The van der Waals surface area contributed by atoms with Crippen molar-refractivity contribution in [2.24, 2.45) is 10.2 Å². The van der Waals surface area contributed by atoms with Crippen LogP contribution in [0.5, 0.6) is 17.2 Å². The van der Waals surface area contributed by atoms with Crippen LogP contribution in [0.25, 0.3) is 0 Å². The lowest BCUT2D eigenvalue weighted by atomic mass is 10.2. The van der Waals surface area contributed by atoms with Crippen LogP contribution in [0.3, 0.4) is 0 Å². The molecule has 3 rings (SSSR count). The highest BCUT2D eigenvalue weighted by Crippen LogP contribution is 2.35. The summed E-state index contributed by atoms with van der Waals surface area (Å²) in [6, 6.07) is 17.1. The van der Waals surface area contributed by atoms with Crippen molar-refractivity contribution in [3.05, 3.63) is 72.3 Å². The summed E-state index contributed by atoms with van der Waals surface area (Å²) in [5.74, 6) is 0.405. The van der Waals surface area contributed by atoms with Crippen LogP contribution in [-0.4, -0.2) is 20.6 Å². The van der Waals surface area contributed by atoms with Gasteiger partial charge in [0.15, 0.2) is 5.75 Å². The van der Waals surface area contributed by atoms with Crippen LogP contribution in [0.4, 0.5) is 11.4 Å². The van der Waals surface area contributed by atoms with Crippen molar-refractivity contribution < 1.29 is 22.4 Å². The van der Waals surface area contributed by atoms with E-state index in [0.29, 0.717) is 11.4 Å². The smallest absolute Gasteiger partial charge is 0.339 e. The number of aryl methyl sites for hydroxylation is 1. The number of aromatic hydroxyl groups is 1. The maximum absolute atomic E-state index is 12.5. The van der Waals surface area contributed by atoms with Gasteiger partial charge in [-0.2, -0.15) is 8.42 Å². The molecule has 0 atom stereocenters. The number of phenols is 1. The first-order chi connectivity index (χ1) is 13.4. The average Bonchev–Trinajstić information content (AvgIpc) is 2.68. The molecule has 144 valence electrons. The minimum Gasteiger partial charge on any atom is -0.508 e. The van der Waals surface area contributed by atoms with E-state index in [1.54, 1.807) is 30.3 Å². The SMILES string of the molecule is COc1cc(O)ccc1N=Nc1ccccc1OS(=O)(=O)c1ccc(C)cc1. The van der Waals surface area contributed by atoms with Gasteiger partial charge in [-0.3, -0.25) is 0 Å². The van der Waals surface area contributed by atoms with E-state index in [4.69, 9.17) is 8.92 Å². The molecular weight excluding hydrogens is 380 g/mol. The third-order valence-corrected chi connectivity index (χ3v) is 5.05. The second-order valence-corrected chi connectivity index (χ2v) is 7.42. The van der Waals surface area contributed by atoms with Gasteiger partial charge in [-0.05, 0) is 43.3 Å². The number of phenolic OH excluding ortho intramolecular Hbond substituents is 1. The van der Waals surface area contributed by atoms with Crippen molar-refractivity contribution >= 4 is 21.5 Å². The normalized spacial score (nSPS) is 11.5. The Hall–Kier alpha value is -3.39. The van der Waals surface area contributed by atoms with Crippen molar-refractivity contribution in [3.8, 4) is 17.2 Å². The van der Waals surface area contributed by atoms with E-state index in [-0.39, 0.29) is 22.1 Å². The zero-order chi connectivity index (χ0) is 20.1. The quantitative estimate of drug-likeness (QED) is 0.471. The monoisotopic (exact) mass is 398 g/mol. The van der Waals surface area contributed by atoms with Crippen LogP contribution in [0.15, 0.2) is 81.9 Å². The molecule has 0 radical (unpaired) electrons. The van der Waals surface area contributed by atoms with Gasteiger partial charge in [0, 0.05) is 6.07 Å². The molecular formula is C20H18N2O5S. The number of hydrogen-bond acceptors (Lipinski definition) is 7. The highest BCUT2D eigenvalue weighted by atomic mass is 32.2. The first-order valence-electron chi connectivity index (χ1n) is 8.28. The molecule has 1 N–H and O–H groups in total. The van der Waals surface area contributed by atoms with Crippen LogP contribution < -0.4 is 8.92 Å². The molecule has 8 heteroatoms. The Morgan fingerprint density at radius 1 is 0.857 bits per heavy atom. The number of para-hydroxylation sites is 1. The molecule has 0 saturated heterocycles. The van der Waals surface area contributed by atoms with Crippen LogP contribution in [-0.2, 0) is 10.1 Å². The van der Waals surface area contributed by atoms with Crippen LogP contribution in [0, 0.1) is 6.92 Å². The second-order valence-electron chi connectivity index (χ2n) is 5.87. The van der Waals surface area contributed by atoms with E-state index in [2.05, 4.69) is 10.2 Å². The second kappa shape index (κ2) is 8.10. The fourth-order valence-electron chi connectivity index (χ4n) is 2.34. The van der Waals surface area contributed by atoms with Crippen LogP contribution in [0.1, 0.15) is 5.56 Å². The number of rotatable bonds is 6. The third kappa shape index (κ3) is 4.47. The Bertz CT molecular complexity index is 1110. The summed E-state index contributed by atoms with van der Waals surface area (Å²) in [7, 11) is -2.57. The molecule has 0 amide bonds. The lowest BCUT2D eigenvalue weighted by Gasteiger charge is -2.09. The summed E-state index contributed by atoms with van der Waals surface area (Å²) < 4.78 is 35.5. The first kappa shape index (κ1) is 19.4. The minimum atomic E-state index is -4.01. The van der Waals surface area contributed by atoms with E-state index in [1.165, 1.54) is 43.5 Å². The fraction of sp³-hybridized carbons (Fsp3) is 0.100. The topological polar surface area (TPSA) is 97.5 Å². The largest absolute Gasteiger partial charge is 0.508 e. The number of hydrogen-bond donors (Lipinski definition) is 1. The molecule has 0 bridgehead atoms. The Kier molecular flexibility index (Phi) is 5.60. The summed E-state index contributed by atoms with van der Waals surface area (Å²) in [6.07, 6.45) is 0. The predicted molar refractivity (Wildman–Crippen MR) is 104 cm³/mol. The maximum atomic E-state index is 12.5. The van der Waals surface area contributed by atoms with Gasteiger partial charge in [-0.1, -0.05) is 29.8 Å². The number of methoxy groups -OCH3 is 1. The van der Waals surface area contributed by atoms with Gasteiger partial charge in [-0.15, -0.1) is 10.2 Å². The van der Waals surface area contributed by atoms with Gasteiger partial charge >= 0.3 is 10.1 Å². The summed E-state index contributed by atoms with van der Waals surface area (Å²) >= 11 is 0. The van der Waals surface area contributed by atoms with E-state index < -0.39 is 10.1 Å². The van der Waals surface area contributed by atoms with Gasteiger partial charge in [-0.25, -0.2) is 0 Å². The van der Waals surface area contributed by atoms with E-state index in [0.717, 1.165) is 5.56 Å². The molecule has 0 fully saturated rings. The summed E-state index contributed by atoms with van der Waals surface area (Å²) in [6.45, 7) is 1.87. The van der Waals surface area contributed by atoms with Gasteiger partial charge in [0.25, 0.3) is 0 Å². The van der Waals surface area contributed by atoms with Crippen molar-refractivity contribution in [2.75, 3.05) is 7.11 Å². The number of ether oxygens (including phenoxy) is 1. The lowest BCUT2D eigenvalue weighted by molar-refractivity contribution is 0.408. The zero-order valence-electron chi connectivity index (χ0n) is 15.2. The molecule has 0 aliphatic rings. The molecule has 0 aliphatic carbocycles. The molecule has 0 aromatic heterocycles. The van der Waals surface area contributed by atoms with Gasteiger partial charge in [0.1, 0.15) is 27.8 Å². The molecule has 0 heterocycles. The number of nitrogens with zero attached hydrogens (tertiary/aromatic N) is 2. The van der Waals surface area contributed by atoms with Crippen LogP contribution in [0.2, 0.25) is 0 Å². The van der Waals surface area contributed by atoms with E-state index >= 15 is 0 Å². The standard InChI is InChI=1S/C20H18N2O5S/c1-14-7-10-16(11-8-14)28(24,25)27-19-6-4-3-5-17(19)21-22-18-12-9-15(23)13-20(18)26-2/h3-13,23H,1-2H3. The highest BCUT2D eigenvalue weighted by molar-refractivity contribution is 7.87. The molecule has 0 unspecified atom stereocenters. The van der Waals surface area contributed by atoms with Crippen molar-refractivity contribution in [2.45, 2.75) is 11.8 Å². The maximum Gasteiger partial charge on any atom is 0.339 e. The lowest BCUT2D eigenvalue weighted by Crippen LogP contribution is -2.09. The summed E-state index contributed by atoms with van der Waals surface area (Å²) in [5, 5.41) is 17.7.